The first-order valence-electron chi connectivity index (χ1n) is 13.9. The maximum Gasteiger partial charge on any atom is 0.121 e. The fourth-order valence-corrected chi connectivity index (χ4v) is 4.20. The van der Waals surface area contributed by atoms with Gasteiger partial charge in [0.15, 0.2) is 0 Å². The van der Waals surface area contributed by atoms with Crippen molar-refractivity contribution in [2.45, 2.75) is 0 Å². The van der Waals surface area contributed by atoms with E-state index in [4.69, 9.17) is 14.2 Å². The van der Waals surface area contributed by atoms with Crippen molar-refractivity contribution in [3.05, 3.63) is 160 Å². The minimum Gasteiger partial charge on any atom is -0.497 e. The summed E-state index contributed by atoms with van der Waals surface area (Å²) in [6, 6.07) is 36.9. The number of hydrogen-bond acceptors (Lipinski definition) is 3. The average Bonchev–Trinajstić information content (AvgIpc) is 3.08. The largest absolute Gasteiger partial charge is 0.497 e. The monoisotopic (exact) mass is 568 g/mol. The Labute approximate surface area is 259 Å². The van der Waals surface area contributed by atoms with E-state index in [-0.39, 0.29) is 0 Å². The van der Waals surface area contributed by atoms with Gasteiger partial charge in [0.25, 0.3) is 0 Å². The highest BCUT2D eigenvalue weighted by Gasteiger charge is 2.02. The lowest BCUT2D eigenvalue weighted by atomic mass is 10.1. The molecule has 0 spiro atoms. The highest BCUT2D eigenvalue weighted by molar-refractivity contribution is 5.57. The predicted octanol–water partition coefficient (Wildman–Crippen LogP) is 7.31. The van der Waals surface area contributed by atoms with E-state index in [1.165, 1.54) is 0 Å². The molecule has 0 saturated heterocycles. The molecule has 0 aromatic heterocycles. The van der Waals surface area contributed by atoms with Crippen LogP contribution in [-0.2, 0) is 0 Å². The van der Waals surface area contributed by atoms with Gasteiger partial charge in [0, 0.05) is 44.5 Å². The molecule has 0 aliphatic heterocycles. The quantitative estimate of drug-likeness (QED) is 0.214. The lowest BCUT2D eigenvalue weighted by molar-refractivity contribution is 0.414. The van der Waals surface area contributed by atoms with Crippen LogP contribution >= 0.6 is 0 Å². The third-order valence-electron chi connectivity index (χ3n) is 6.38. The molecule has 0 radical (unpaired) electrons. The molecule has 210 valence electrons. The van der Waals surface area contributed by atoms with Gasteiger partial charge in [0.2, 0.25) is 0 Å². The Bertz CT molecular complexity index is 1880. The van der Waals surface area contributed by atoms with Gasteiger partial charge in [-0.05, 0) is 78.9 Å². The molecule has 5 rings (SSSR count). The third kappa shape index (κ3) is 8.38. The summed E-state index contributed by atoms with van der Waals surface area (Å²) in [6.07, 6.45) is 0. The predicted molar refractivity (Wildman–Crippen MR) is 176 cm³/mol. The van der Waals surface area contributed by atoms with Crippen LogP contribution in [0.15, 0.2) is 115 Å². The maximum absolute atomic E-state index is 5.55. The molecule has 0 aliphatic carbocycles. The SMILES string of the molecule is COc1cc(C#Cc2ccccc2)cc(C#Cc2cc(C#Cc3cc(C#Cc4ccccc4)cc(OC)c3)cc(OC)c2)c1. The molecule has 0 bridgehead atoms. The molecule has 0 atom stereocenters. The van der Waals surface area contributed by atoms with Crippen LogP contribution in [0.25, 0.3) is 0 Å². The molecule has 0 heterocycles. The Morgan fingerprint density at radius 1 is 0.295 bits per heavy atom. The Hall–Kier alpha value is -6.26. The van der Waals surface area contributed by atoms with E-state index in [0.717, 1.165) is 44.5 Å². The van der Waals surface area contributed by atoms with Crippen molar-refractivity contribution in [2.24, 2.45) is 0 Å². The zero-order valence-electron chi connectivity index (χ0n) is 24.7. The summed E-state index contributed by atoms with van der Waals surface area (Å²) in [5.74, 6) is 27.8. The van der Waals surface area contributed by atoms with Crippen LogP contribution in [-0.4, -0.2) is 21.3 Å². The Morgan fingerprint density at radius 3 is 0.750 bits per heavy atom. The minimum atomic E-state index is 0.668. The van der Waals surface area contributed by atoms with Gasteiger partial charge in [0.05, 0.1) is 21.3 Å². The summed E-state index contributed by atoms with van der Waals surface area (Å²) in [5.41, 5.74) is 6.65. The van der Waals surface area contributed by atoms with Gasteiger partial charge in [-0.3, -0.25) is 0 Å². The van der Waals surface area contributed by atoms with Crippen molar-refractivity contribution in [1.29, 1.82) is 0 Å². The first-order valence-corrected chi connectivity index (χ1v) is 13.9. The molecular formula is C41H28O3. The maximum atomic E-state index is 5.55. The van der Waals surface area contributed by atoms with E-state index in [0.29, 0.717) is 17.2 Å². The zero-order chi connectivity index (χ0) is 30.6. The van der Waals surface area contributed by atoms with Crippen LogP contribution in [0.3, 0.4) is 0 Å². The van der Waals surface area contributed by atoms with Crippen LogP contribution in [0.4, 0.5) is 0 Å². The highest BCUT2D eigenvalue weighted by Crippen LogP contribution is 2.20. The van der Waals surface area contributed by atoms with Crippen LogP contribution in [0.5, 0.6) is 17.2 Å². The summed E-state index contributed by atoms with van der Waals surface area (Å²) in [4.78, 5) is 0. The van der Waals surface area contributed by atoms with E-state index in [1.807, 2.05) is 115 Å². The lowest BCUT2D eigenvalue weighted by Gasteiger charge is -2.03. The van der Waals surface area contributed by atoms with E-state index in [1.54, 1.807) is 21.3 Å². The number of rotatable bonds is 3. The van der Waals surface area contributed by atoms with E-state index < -0.39 is 0 Å². The summed E-state index contributed by atoms with van der Waals surface area (Å²) < 4.78 is 16.5. The van der Waals surface area contributed by atoms with Gasteiger partial charge >= 0.3 is 0 Å². The summed E-state index contributed by atoms with van der Waals surface area (Å²) >= 11 is 0. The van der Waals surface area contributed by atoms with Crippen molar-refractivity contribution in [1.82, 2.24) is 0 Å². The Balaban J connectivity index is 1.43. The molecule has 3 heteroatoms. The Morgan fingerprint density at radius 2 is 0.523 bits per heavy atom. The first kappa shape index (κ1) is 29.2. The molecule has 44 heavy (non-hydrogen) atoms. The van der Waals surface area contributed by atoms with Crippen LogP contribution in [0, 0.1) is 47.4 Å². The van der Waals surface area contributed by atoms with Crippen molar-refractivity contribution < 1.29 is 14.2 Å². The van der Waals surface area contributed by atoms with Gasteiger partial charge < -0.3 is 14.2 Å². The summed E-state index contributed by atoms with van der Waals surface area (Å²) in [7, 11) is 4.90. The van der Waals surface area contributed by atoms with Gasteiger partial charge in [-0.15, -0.1) is 0 Å². The fourth-order valence-electron chi connectivity index (χ4n) is 4.20. The molecule has 5 aromatic rings. The summed E-state index contributed by atoms with van der Waals surface area (Å²) in [5, 5.41) is 0. The molecule has 0 saturated carbocycles. The van der Waals surface area contributed by atoms with E-state index in [2.05, 4.69) is 47.4 Å². The van der Waals surface area contributed by atoms with Crippen LogP contribution in [0.1, 0.15) is 44.5 Å². The first-order chi connectivity index (χ1) is 21.6. The number of hydrogen-bond donors (Lipinski definition) is 0. The molecule has 5 aromatic carbocycles. The van der Waals surface area contributed by atoms with Crippen molar-refractivity contribution >= 4 is 0 Å². The van der Waals surface area contributed by atoms with Crippen molar-refractivity contribution in [2.75, 3.05) is 21.3 Å². The smallest absolute Gasteiger partial charge is 0.121 e. The molecular weight excluding hydrogens is 540 g/mol. The second kappa shape index (κ2) is 14.6. The third-order valence-corrected chi connectivity index (χ3v) is 6.38. The van der Waals surface area contributed by atoms with Gasteiger partial charge in [0.1, 0.15) is 17.2 Å². The molecule has 0 amide bonds. The van der Waals surface area contributed by atoms with Crippen molar-refractivity contribution in [3.8, 4) is 64.6 Å². The molecule has 0 unspecified atom stereocenters. The molecule has 0 N–H and O–H groups in total. The fraction of sp³-hybridized carbons (Fsp3) is 0.0732. The number of methoxy groups -OCH3 is 3. The second-order valence-corrected chi connectivity index (χ2v) is 9.58. The number of ether oxygens (including phenoxy) is 3. The minimum absolute atomic E-state index is 0.668. The van der Waals surface area contributed by atoms with Crippen molar-refractivity contribution in [3.63, 3.8) is 0 Å². The van der Waals surface area contributed by atoms with Gasteiger partial charge in [-0.1, -0.05) is 83.8 Å². The lowest BCUT2D eigenvalue weighted by Crippen LogP contribution is -1.89. The van der Waals surface area contributed by atoms with Crippen LogP contribution < -0.4 is 14.2 Å². The van der Waals surface area contributed by atoms with E-state index in [9.17, 15) is 0 Å². The van der Waals surface area contributed by atoms with Gasteiger partial charge in [-0.2, -0.15) is 0 Å². The molecule has 0 aliphatic rings. The van der Waals surface area contributed by atoms with Crippen LogP contribution in [0.2, 0.25) is 0 Å². The topological polar surface area (TPSA) is 27.7 Å². The molecule has 3 nitrogen and oxygen atoms in total. The van der Waals surface area contributed by atoms with E-state index >= 15 is 0 Å². The Kier molecular flexibility index (Phi) is 9.69. The van der Waals surface area contributed by atoms with Gasteiger partial charge in [-0.25, -0.2) is 0 Å². The summed E-state index contributed by atoms with van der Waals surface area (Å²) in [6.45, 7) is 0. The highest BCUT2D eigenvalue weighted by atomic mass is 16.5. The average molecular weight is 569 g/mol. The molecule has 0 fully saturated rings. The standard InChI is InChI=1S/C41H28O3/c1-42-39-25-33(16-14-31-10-6-4-7-11-31)22-35(27-39)18-20-37-24-38(30-41(29-37)44-3)21-19-36-23-34(26-40(28-36)43-2)17-15-32-12-8-5-9-13-32/h4-13,22-30H,1-3H3. The normalized spacial score (nSPS) is 9.43. The number of benzene rings is 5. The second-order valence-electron chi connectivity index (χ2n) is 9.58. The zero-order valence-corrected chi connectivity index (χ0v) is 24.7.